The first-order valence-corrected chi connectivity index (χ1v) is 6.93. The maximum atomic E-state index is 11.8. The third-order valence-corrected chi connectivity index (χ3v) is 2.89. The molecule has 23 heavy (non-hydrogen) atoms. The molecule has 6 heteroatoms. The lowest BCUT2D eigenvalue weighted by molar-refractivity contribution is -0.144. The van der Waals surface area contributed by atoms with E-state index in [-0.39, 0.29) is 30.1 Å². The molecule has 0 saturated carbocycles. The number of hydrogen-bond donors (Lipinski definition) is 0. The van der Waals surface area contributed by atoms with Gasteiger partial charge in [0.2, 0.25) is 0 Å². The van der Waals surface area contributed by atoms with Gasteiger partial charge in [-0.25, -0.2) is 4.79 Å². The van der Waals surface area contributed by atoms with Crippen LogP contribution in [0.25, 0.3) is 0 Å². The minimum Gasteiger partial charge on any atom is -0.462 e. The molecule has 1 aromatic rings. The number of rotatable bonds is 8. The average molecular weight is 318 g/mol. The first kappa shape index (κ1) is 18.3. The highest BCUT2D eigenvalue weighted by atomic mass is 16.5. The van der Waals surface area contributed by atoms with E-state index in [9.17, 15) is 19.2 Å². The Balaban J connectivity index is 2.53. The number of ether oxygens (including phenoxy) is 2. The molecule has 0 aliphatic carbocycles. The Labute approximate surface area is 134 Å². The monoisotopic (exact) mass is 318 g/mol. The second-order valence-electron chi connectivity index (χ2n) is 5.03. The molecule has 0 bridgehead atoms. The van der Waals surface area contributed by atoms with Gasteiger partial charge in [-0.15, -0.1) is 0 Å². The van der Waals surface area contributed by atoms with Crippen LogP contribution >= 0.6 is 0 Å². The van der Waals surface area contributed by atoms with E-state index in [4.69, 9.17) is 9.47 Å². The van der Waals surface area contributed by atoms with Crippen LogP contribution in [0.2, 0.25) is 0 Å². The largest absolute Gasteiger partial charge is 0.462 e. The molecule has 1 rings (SSSR count). The fraction of sp³-hybridized carbons (Fsp3) is 0.294. The van der Waals surface area contributed by atoms with Gasteiger partial charge in [0.05, 0.1) is 12.3 Å². The van der Waals surface area contributed by atoms with Crippen molar-refractivity contribution in [1.29, 1.82) is 0 Å². The number of carbonyl (C=O) groups excluding carboxylic acids is 4. The van der Waals surface area contributed by atoms with Crippen molar-refractivity contribution < 1.29 is 28.7 Å². The van der Waals surface area contributed by atoms with Crippen molar-refractivity contribution >= 4 is 24.0 Å². The van der Waals surface area contributed by atoms with Gasteiger partial charge >= 0.3 is 11.9 Å². The molecule has 0 fully saturated rings. The molecular weight excluding hydrogens is 300 g/mol. The molecule has 0 amide bonds. The summed E-state index contributed by atoms with van der Waals surface area (Å²) in [5, 5.41) is 0. The van der Waals surface area contributed by atoms with Crippen molar-refractivity contribution in [3.8, 4) is 5.75 Å². The molecule has 0 saturated heterocycles. The van der Waals surface area contributed by atoms with Crippen LogP contribution < -0.4 is 4.74 Å². The first-order chi connectivity index (χ1) is 10.8. The highest BCUT2D eigenvalue weighted by Gasteiger charge is 2.17. The van der Waals surface area contributed by atoms with Crippen molar-refractivity contribution in [2.75, 3.05) is 6.61 Å². The Kier molecular flexibility index (Phi) is 6.86. The lowest BCUT2D eigenvalue weighted by Crippen LogP contribution is -2.21. The second-order valence-corrected chi connectivity index (χ2v) is 5.03. The zero-order chi connectivity index (χ0) is 17.4. The summed E-state index contributed by atoms with van der Waals surface area (Å²) >= 11 is 0. The van der Waals surface area contributed by atoms with Gasteiger partial charge in [0.1, 0.15) is 18.6 Å². The quantitative estimate of drug-likeness (QED) is 0.240. The summed E-state index contributed by atoms with van der Waals surface area (Å²) in [4.78, 5) is 45.1. The van der Waals surface area contributed by atoms with E-state index in [2.05, 4.69) is 6.58 Å². The van der Waals surface area contributed by atoms with Crippen LogP contribution in [0.4, 0.5) is 0 Å². The van der Waals surface area contributed by atoms with Crippen LogP contribution in [-0.2, 0) is 19.1 Å². The molecule has 0 aliphatic rings. The molecule has 1 atom stereocenters. The molecule has 0 radical (unpaired) electrons. The highest BCUT2D eigenvalue weighted by molar-refractivity contribution is 5.94. The topological polar surface area (TPSA) is 86.7 Å². The van der Waals surface area contributed by atoms with Gasteiger partial charge in [0, 0.05) is 11.1 Å². The Morgan fingerprint density at radius 3 is 2.26 bits per heavy atom. The molecular formula is C17H18O6. The predicted molar refractivity (Wildman–Crippen MR) is 82.0 cm³/mol. The van der Waals surface area contributed by atoms with Crippen LogP contribution in [0.5, 0.6) is 5.75 Å². The van der Waals surface area contributed by atoms with Crippen molar-refractivity contribution in [2.24, 2.45) is 5.92 Å². The third kappa shape index (κ3) is 6.25. The molecule has 0 N–H and O–H groups in total. The van der Waals surface area contributed by atoms with Crippen molar-refractivity contribution in [3.63, 3.8) is 0 Å². The molecule has 0 aromatic heterocycles. The summed E-state index contributed by atoms with van der Waals surface area (Å²) < 4.78 is 9.90. The molecule has 6 nitrogen and oxygen atoms in total. The summed E-state index contributed by atoms with van der Waals surface area (Å²) in [7, 11) is 0. The predicted octanol–water partition coefficient (Wildman–Crippen LogP) is 2.12. The summed E-state index contributed by atoms with van der Waals surface area (Å²) in [6.07, 6.45) is 0.313. The van der Waals surface area contributed by atoms with E-state index < -0.39 is 17.9 Å². The van der Waals surface area contributed by atoms with Crippen molar-refractivity contribution in [3.05, 3.63) is 42.0 Å². The van der Waals surface area contributed by atoms with Gasteiger partial charge in [0.25, 0.3) is 0 Å². The second kappa shape index (κ2) is 8.63. The van der Waals surface area contributed by atoms with Gasteiger partial charge in [0.15, 0.2) is 5.78 Å². The van der Waals surface area contributed by atoms with Gasteiger partial charge in [-0.05, 0) is 38.1 Å². The summed E-state index contributed by atoms with van der Waals surface area (Å²) in [6.45, 7) is 6.12. The van der Waals surface area contributed by atoms with Crippen LogP contribution in [0.1, 0.15) is 30.6 Å². The summed E-state index contributed by atoms with van der Waals surface area (Å²) in [5.74, 6) is -1.87. The third-order valence-electron chi connectivity index (χ3n) is 2.89. The minimum absolute atomic E-state index is 0.0942. The SMILES string of the molecule is C=C(C)C(=O)OCC(C=O)CC(=O)Oc1ccc(C(C)=O)cc1. The number of hydrogen-bond acceptors (Lipinski definition) is 6. The van der Waals surface area contributed by atoms with Gasteiger partial charge in [-0.2, -0.15) is 0 Å². The zero-order valence-electron chi connectivity index (χ0n) is 13.0. The number of ketones is 1. The lowest BCUT2D eigenvalue weighted by atomic mass is 10.1. The number of carbonyl (C=O) groups is 4. The molecule has 1 aromatic carbocycles. The molecule has 1 unspecified atom stereocenters. The van der Waals surface area contributed by atoms with Gasteiger partial charge in [-0.1, -0.05) is 6.58 Å². The number of aldehydes is 1. The van der Waals surface area contributed by atoms with Crippen LogP contribution in [0.15, 0.2) is 36.4 Å². The molecule has 122 valence electrons. The van der Waals surface area contributed by atoms with Crippen molar-refractivity contribution in [2.45, 2.75) is 20.3 Å². The van der Waals surface area contributed by atoms with E-state index in [0.717, 1.165) is 0 Å². The Hall–Kier alpha value is -2.76. The van der Waals surface area contributed by atoms with Crippen LogP contribution in [0, 0.1) is 5.92 Å². The summed E-state index contributed by atoms with van der Waals surface area (Å²) in [6, 6.07) is 6.06. The standard InChI is InChI=1S/C17H18O6/c1-11(2)17(21)22-10-13(9-18)8-16(20)23-15-6-4-14(5-7-15)12(3)19/h4-7,9,13H,1,8,10H2,2-3H3. The fourth-order valence-corrected chi connectivity index (χ4v) is 1.60. The summed E-state index contributed by atoms with van der Waals surface area (Å²) in [5.41, 5.74) is 0.713. The molecule has 0 heterocycles. The Morgan fingerprint density at radius 1 is 1.17 bits per heavy atom. The molecule has 0 spiro atoms. The Morgan fingerprint density at radius 2 is 1.78 bits per heavy atom. The number of Topliss-reactive ketones (excluding diaryl/α,β-unsaturated/α-hetero) is 1. The molecule has 0 aliphatic heterocycles. The lowest BCUT2D eigenvalue weighted by Gasteiger charge is -2.11. The minimum atomic E-state index is -0.790. The van der Waals surface area contributed by atoms with Gasteiger partial charge < -0.3 is 14.3 Å². The van der Waals surface area contributed by atoms with E-state index in [1.807, 2.05) is 0 Å². The smallest absolute Gasteiger partial charge is 0.333 e. The average Bonchev–Trinajstić information content (AvgIpc) is 2.51. The van der Waals surface area contributed by atoms with E-state index in [1.54, 1.807) is 0 Å². The van der Waals surface area contributed by atoms with Gasteiger partial charge in [-0.3, -0.25) is 9.59 Å². The first-order valence-electron chi connectivity index (χ1n) is 6.93. The maximum Gasteiger partial charge on any atom is 0.333 e. The number of esters is 2. The number of benzene rings is 1. The van der Waals surface area contributed by atoms with E-state index in [1.165, 1.54) is 38.1 Å². The van der Waals surface area contributed by atoms with E-state index >= 15 is 0 Å². The highest BCUT2D eigenvalue weighted by Crippen LogP contribution is 2.14. The van der Waals surface area contributed by atoms with Crippen LogP contribution in [0.3, 0.4) is 0 Å². The van der Waals surface area contributed by atoms with Crippen molar-refractivity contribution in [1.82, 2.24) is 0 Å². The van der Waals surface area contributed by atoms with E-state index in [0.29, 0.717) is 11.8 Å². The maximum absolute atomic E-state index is 11.8. The Bertz CT molecular complexity index is 614. The normalized spacial score (nSPS) is 11.2. The fourth-order valence-electron chi connectivity index (χ4n) is 1.60. The zero-order valence-corrected chi connectivity index (χ0v) is 13.0. The van der Waals surface area contributed by atoms with Crippen LogP contribution in [-0.4, -0.2) is 30.6 Å².